The highest BCUT2D eigenvalue weighted by molar-refractivity contribution is 7.90. The molecule has 2 aromatic rings. The summed E-state index contributed by atoms with van der Waals surface area (Å²) in [6.45, 7) is 0.977. The Morgan fingerprint density at radius 1 is 1.10 bits per heavy atom. The number of hydrogen-bond acceptors (Lipinski definition) is 5. The van der Waals surface area contributed by atoms with E-state index in [2.05, 4.69) is 5.32 Å². The van der Waals surface area contributed by atoms with Crippen LogP contribution >= 0.6 is 0 Å². The minimum atomic E-state index is -3.17. The summed E-state index contributed by atoms with van der Waals surface area (Å²) in [4.78, 5) is 0.277. The van der Waals surface area contributed by atoms with Gasteiger partial charge in [-0.2, -0.15) is 0 Å². The highest BCUT2D eigenvalue weighted by Gasteiger charge is 2.07. The molecule has 6 heteroatoms. The van der Waals surface area contributed by atoms with Gasteiger partial charge in [0, 0.05) is 6.26 Å². The zero-order valence-corrected chi connectivity index (χ0v) is 12.2. The second kappa shape index (κ2) is 6.11. The van der Waals surface area contributed by atoms with Crippen LogP contribution in [-0.4, -0.2) is 21.7 Å². The third kappa shape index (κ3) is 3.85. The molecular weight excluding hydrogens is 278 g/mol. The average molecular weight is 295 g/mol. The van der Waals surface area contributed by atoms with Gasteiger partial charge < -0.3 is 14.5 Å². The number of hydrogen-bond donors (Lipinski definition) is 1. The fourth-order valence-electron chi connectivity index (χ4n) is 1.71. The molecule has 0 unspecified atom stereocenters. The zero-order valence-electron chi connectivity index (χ0n) is 11.4. The highest BCUT2D eigenvalue weighted by Crippen LogP contribution is 2.17. The smallest absolute Gasteiger partial charge is 0.175 e. The van der Waals surface area contributed by atoms with Crippen LogP contribution in [0.1, 0.15) is 11.5 Å². The lowest BCUT2D eigenvalue weighted by atomic mass is 10.3. The molecule has 0 spiro atoms. The Morgan fingerprint density at radius 3 is 2.35 bits per heavy atom. The Labute approximate surface area is 118 Å². The number of sulfone groups is 1. The fraction of sp³-hybridized carbons (Fsp3) is 0.286. The van der Waals surface area contributed by atoms with Gasteiger partial charge in [0.15, 0.2) is 9.84 Å². The molecule has 0 saturated carbocycles. The van der Waals surface area contributed by atoms with Crippen molar-refractivity contribution in [2.24, 2.45) is 0 Å². The predicted octanol–water partition coefficient (Wildman–Crippen LogP) is 1.98. The van der Waals surface area contributed by atoms with E-state index in [9.17, 15) is 8.42 Å². The molecule has 108 valence electrons. The summed E-state index contributed by atoms with van der Waals surface area (Å²) in [5.41, 5.74) is 0. The van der Waals surface area contributed by atoms with Crippen molar-refractivity contribution in [1.29, 1.82) is 0 Å². The average Bonchev–Trinajstić information content (AvgIpc) is 2.84. The first-order valence-electron chi connectivity index (χ1n) is 6.14. The molecule has 1 heterocycles. The number of ether oxygens (including phenoxy) is 1. The van der Waals surface area contributed by atoms with Crippen LogP contribution in [0.25, 0.3) is 0 Å². The lowest BCUT2D eigenvalue weighted by Crippen LogP contribution is -2.03. The maximum atomic E-state index is 11.3. The molecule has 0 bridgehead atoms. The van der Waals surface area contributed by atoms with E-state index in [0.717, 1.165) is 11.5 Å². The standard InChI is InChI=1S/C14H17NO4S/c1-15-9-12-3-4-13(19-12)10-18-11-5-7-14(8-6-11)20(2,16)17/h3-8,15H,9-10H2,1-2H3. The Hall–Kier alpha value is -1.79. The monoisotopic (exact) mass is 295 g/mol. The molecule has 0 amide bonds. The van der Waals surface area contributed by atoms with Gasteiger partial charge in [-0.1, -0.05) is 0 Å². The Kier molecular flexibility index (Phi) is 4.46. The molecule has 20 heavy (non-hydrogen) atoms. The van der Waals surface area contributed by atoms with E-state index in [1.807, 2.05) is 19.2 Å². The molecule has 0 aliphatic heterocycles. The summed E-state index contributed by atoms with van der Waals surface area (Å²) in [6, 6.07) is 10.1. The first kappa shape index (κ1) is 14.6. The normalized spacial score (nSPS) is 11.5. The molecule has 0 aliphatic rings. The van der Waals surface area contributed by atoms with E-state index in [-0.39, 0.29) is 4.90 Å². The molecular formula is C14H17NO4S. The van der Waals surface area contributed by atoms with E-state index in [1.165, 1.54) is 18.4 Å². The molecule has 0 aliphatic carbocycles. The van der Waals surface area contributed by atoms with Crippen LogP contribution in [0, 0.1) is 0 Å². The van der Waals surface area contributed by atoms with Gasteiger partial charge in [-0.15, -0.1) is 0 Å². The molecule has 0 fully saturated rings. The third-order valence-electron chi connectivity index (χ3n) is 2.70. The van der Waals surface area contributed by atoms with Gasteiger partial charge in [0.05, 0.1) is 11.4 Å². The van der Waals surface area contributed by atoms with Crippen molar-refractivity contribution in [2.75, 3.05) is 13.3 Å². The Morgan fingerprint density at radius 2 is 1.75 bits per heavy atom. The molecule has 0 atom stereocenters. The zero-order chi connectivity index (χ0) is 14.6. The molecule has 5 nitrogen and oxygen atoms in total. The fourth-order valence-corrected chi connectivity index (χ4v) is 2.34. The van der Waals surface area contributed by atoms with Gasteiger partial charge >= 0.3 is 0 Å². The minimum Gasteiger partial charge on any atom is -0.486 e. The van der Waals surface area contributed by atoms with E-state index in [1.54, 1.807) is 12.1 Å². The van der Waals surface area contributed by atoms with Crippen LogP contribution in [0.5, 0.6) is 5.75 Å². The van der Waals surface area contributed by atoms with Gasteiger partial charge in [0.2, 0.25) is 0 Å². The Bertz CT molecular complexity index is 659. The Balaban J connectivity index is 1.96. The predicted molar refractivity (Wildman–Crippen MR) is 75.4 cm³/mol. The van der Waals surface area contributed by atoms with Crippen LogP contribution in [-0.2, 0) is 23.0 Å². The van der Waals surface area contributed by atoms with E-state index >= 15 is 0 Å². The van der Waals surface area contributed by atoms with E-state index in [0.29, 0.717) is 18.9 Å². The van der Waals surface area contributed by atoms with E-state index < -0.39 is 9.84 Å². The van der Waals surface area contributed by atoms with Gasteiger partial charge in [-0.3, -0.25) is 0 Å². The summed E-state index contributed by atoms with van der Waals surface area (Å²) < 4.78 is 33.7. The summed E-state index contributed by atoms with van der Waals surface area (Å²) in [6.07, 6.45) is 1.18. The second-order valence-electron chi connectivity index (χ2n) is 4.43. The maximum absolute atomic E-state index is 11.3. The molecule has 0 radical (unpaired) electrons. The van der Waals surface area contributed by atoms with Gasteiger partial charge in [-0.05, 0) is 43.4 Å². The van der Waals surface area contributed by atoms with Crippen molar-refractivity contribution in [3.63, 3.8) is 0 Å². The first-order chi connectivity index (χ1) is 9.49. The van der Waals surface area contributed by atoms with Crippen molar-refractivity contribution >= 4 is 9.84 Å². The molecule has 1 N–H and O–H groups in total. The topological polar surface area (TPSA) is 68.5 Å². The minimum absolute atomic E-state index is 0.277. The number of nitrogens with one attached hydrogen (secondary N) is 1. The van der Waals surface area contributed by atoms with Crippen LogP contribution in [0.4, 0.5) is 0 Å². The first-order valence-corrected chi connectivity index (χ1v) is 8.03. The summed E-state index contributed by atoms with van der Waals surface area (Å²) in [5.74, 6) is 2.17. The summed E-state index contributed by atoms with van der Waals surface area (Å²) in [5, 5.41) is 3.00. The van der Waals surface area contributed by atoms with Crippen molar-refractivity contribution < 1.29 is 17.6 Å². The molecule has 1 aromatic heterocycles. The summed E-state index contributed by atoms with van der Waals surface area (Å²) in [7, 11) is -1.32. The van der Waals surface area contributed by atoms with Crippen LogP contribution in [0.3, 0.4) is 0 Å². The lowest BCUT2D eigenvalue weighted by molar-refractivity contribution is 0.265. The maximum Gasteiger partial charge on any atom is 0.175 e. The van der Waals surface area contributed by atoms with Gasteiger partial charge in [0.25, 0.3) is 0 Å². The van der Waals surface area contributed by atoms with Crippen molar-refractivity contribution in [3.05, 3.63) is 47.9 Å². The van der Waals surface area contributed by atoms with Crippen LogP contribution < -0.4 is 10.1 Å². The molecule has 0 saturated heterocycles. The number of benzene rings is 1. The van der Waals surface area contributed by atoms with Crippen molar-refractivity contribution in [1.82, 2.24) is 5.32 Å². The van der Waals surface area contributed by atoms with Crippen molar-refractivity contribution in [2.45, 2.75) is 18.0 Å². The third-order valence-corrected chi connectivity index (χ3v) is 3.83. The van der Waals surface area contributed by atoms with E-state index in [4.69, 9.17) is 9.15 Å². The second-order valence-corrected chi connectivity index (χ2v) is 6.45. The quantitative estimate of drug-likeness (QED) is 0.882. The van der Waals surface area contributed by atoms with Crippen molar-refractivity contribution in [3.8, 4) is 5.75 Å². The highest BCUT2D eigenvalue weighted by atomic mass is 32.2. The number of rotatable bonds is 6. The molecule has 2 rings (SSSR count). The van der Waals surface area contributed by atoms with Gasteiger partial charge in [-0.25, -0.2) is 8.42 Å². The summed E-state index contributed by atoms with van der Waals surface area (Å²) >= 11 is 0. The van der Waals surface area contributed by atoms with Gasteiger partial charge in [0.1, 0.15) is 23.9 Å². The SMILES string of the molecule is CNCc1ccc(COc2ccc(S(C)(=O)=O)cc2)o1. The lowest BCUT2D eigenvalue weighted by Gasteiger charge is -2.05. The van der Waals surface area contributed by atoms with Crippen LogP contribution in [0.15, 0.2) is 45.7 Å². The largest absolute Gasteiger partial charge is 0.486 e. The van der Waals surface area contributed by atoms with Crippen LogP contribution in [0.2, 0.25) is 0 Å². The molecule has 1 aromatic carbocycles. The number of furan rings is 1.